The number of hydrogen-bond donors (Lipinski definition) is 0. The normalized spacial score (nSPS) is 11.8. The quantitative estimate of drug-likeness (QED) is 0.324. The van der Waals surface area contributed by atoms with E-state index in [0.717, 1.165) is 22.0 Å². The smallest absolute Gasteiger partial charge is 0.322 e. The molecule has 0 fully saturated rings. The SMILES string of the molecule is CCN(C(=O)C(C(=O)OC)c1cnn(Cc2ccccc2)c1)c1cccc2ccccc12. The first kappa shape index (κ1) is 21.3. The van der Waals surface area contributed by atoms with Gasteiger partial charge in [0, 0.05) is 23.7 Å². The van der Waals surface area contributed by atoms with Crippen LogP contribution in [0.5, 0.6) is 0 Å². The molecule has 4 rings (SSSR count). The van der Waals surface area contributed by atoms with E-state index in [4.69, 9.17) is 4.74 Å². The molecule has 1 aromatic heterocycles. The molecule has 6 heteroatoms. The van der Waals surface area contributed by atoms with Crippen molar-refractivity contribution in [1.29, 1.82) is 0 Å². The molecule has 1 atom stereocenters. The van der Waals surface area contributed by atoms with Crippen LogP contribution in [-0.2, 0) is 20.9 Å². The van der Waals surface area contributed by atoms with Gasteiger partial charge in [0.25, 0.3) is 0 Å². The second-order valence-electron chi connectivity index (χ2n) is 7.49. The number of hydrogen-bond acceptors (Lipinski definition) is 4. The molecule has 0 saturated heterocycles. The molecule has 1 unspecified atom stereocenters. The van der Waals surface area contributed by atoms with Crippen LogP contribution in [0.2, 0.25) is 0 Å². The fraction of sp³-hybridized carbons (Fsp3) is 0.192. The second-order valence-corrected chi connectivity index (χ2v) is 7.49. The van der Waals surface area contributed by atoms with Gasteiger partial charge in [-0.3, -0.25) is 14.3 Å². The molecule has 0 N–H and O–H groups in total. The predicted octanol–water partition coefficient (Wildman–Crippen LogP) is 4.39. The van der Waals surface area contributed by atoms with Crippen molar-refractivity contribution in [1.82, 2.24) is 9.78 Å². The maximum atomic E-state index is 13.7. The molecular formula is C26H25N3O3. The first-order chi connectivity index (χ1) is 15.6. The first-order valence-electron chi connectivity index (χ1n) is 10.6. The van der Waals surface area contributed by atoms with Gasteiger partial charge in [-0.15, -0.1) is 0 Å². The van der Waals surface area contributed by atoms with Crippen LogP contribution in [0, 0.1) is 0 Å². The van der Waals surface area contributed by atoms with Crippen LogP contribution in [0.15, 0.2) is 85.2 Å². The molecule has 0 aliphatic heterocycles. The molecule has 0 aliphatic rings. The number of likely N-dealkylation sites (N-methyl/N-ethyl adjacent to an activating group) is 1. The van der Waals surface area contributed by atoms with Gasteiger partial charge < -0.3 is 9.64 Å². The standard InChI is InChI=1S/C26H25N3O3/c1-3-29(23-15-9-13-20-12-7-8-14-22(20)23)25(30)24(26(31)32-2)21-16-27-28(18-21)17-19-10-5-4-6-11-19/h4-16,18,24H,3,17H2,1-2H3. The number of carbonyl (C=O) groups excluding carboxylic acids is 2. The minimum Gasteiger partial charge on any atom is -0.468 e. The number of fused-ring (bicyclic) bond motifs is 1. The Morgan fingerprint density at radius 2 is 1.72 bits per heavy atom. The van der Waals surface area contributed by atoms with E-state index in [1.165, 1.54) is 7.11 Å². The molecule has 0 spiro atoms. The molecular weight excluding hydrogens is 402 g/mol. The number of carbonyl (C=O) groups is 2. The summed E-state index contributed by atoms with van der Waals surface area (Å²) in [4.78, 5) is 28.0. The summed E-state index contributed by atoms with van der Waals surface area (Å²) in [5.41, 5.74) is 2.35. The average molecular weight is 428 g/mol. The fourth-order valence-corrected chi connectivity index (χ4v) is 3.93. The third kappa shape index (κ3) is 4.25. The van der Waals surface area contributed by atoms with Crippen LogP contribution in [0.4, 0.5) is 5.69 Å². The van der Waals surface area contributed by atoms with Crippen LogP contribution in [0.3, 0.4) is 0 Å². The molecule has 0 saturated carbocycles. The average Bonchev–Trinajstić information content (AvgIpc) is 3.28. The highest BCUT2D eigenvalue weighted by Crippen LogP contribution is 2.30. The summed E-state index contributed by atoms with van der Waals surface area (Å²) >= 11 is 0. The highest BCUT2D eigenvalue weighted by molar-refractivity contribution is 6.13. The van der Waals surface area contributed by atoms with Crippen LogP contribution in [-0.4, -0.2) is 35.3 Å². The van der Waals surface area contributed by atoms with Gasteiger partial charge in [0.2, 0.25) is 5.91 Å². The Hall–Kier alpha value is -3.93. The molecule has 1 heterocycles. The molecule has 32 heavy (non-hydrogen) atoms. The summed E-state index contributed by atoms with van der Waals surface area (Å²) in [6.45, 7) is 2.86. The van der Waals surface area contributed by atoms with Gasteiger partial charge >= 0.3 is 5.97 Å². The maximum Gasteiger partial charge on any atom is 0.322 e. The largest absolute Gasteiger partial charge is 0.468 e. The van der Waals surface area contributed by atoms with Crippen LogP contribution >= 0.6 is 0 Å². The van der Waals surface area contributed by atoms with Gasteiger partial charge in [-0.2, -0.15) is 5.10 Å². The summed E-state index contributed by atoms with van der Waals surface area (Å²) in [5.74, 6) is -2.04. The lowest BCUT2D eigenvalue weighted by Gasteiger charge is -2.26. The van der Waals surface area contributed by atoms with E-state index in [-0.39, 0.29) is 5.91 Å². The summed E-state index contributed by atoms with van der Waals surface area (Å²) in [6.07, 6.45) is 3.31. The molecule has 162 valence electrons. The van der Waals surface area contributed by atoms with E-state index in [2.05, 4.69) is 5.10 Å². The predicted molar refractivity (Wildman–Crippen MR) is 125 cm³/mol. The van der Waals surface area contributed by atoms with Crippen molar-refractivity contribution in [3.8, 4) is 0 Å². The van der Waals surface area contributed by atoms with Crippen molar-refractivity contribution >= 4 is 28.3 Å². The van der Waals surface area contributed by atoms with E-state index in [9.17, 15) is 9.59 Å². The Morgan fingerprint density at radius 1 is 1.00 bits per heavy atom. The molecule has 6 nitrogen and oxygen atoms in total. The Bertz CT molecular complexity index is 1230. The number of methoxy groups -OCH3 is 1. The minimum absolute atomic E-state index is 0.338. The fourth-order valence-electron chi connectivity index (χ4n) is 3.93. The number of nitrogens with zero attached hydrogens (tertiary/aromatic N) is 3. The summed E-state index contributed by atoms with van der Waals surface area (Å²) in [5, 5.41) is 6.36. The monoisotopic (exact) mass is 427 g/mol. The Morgan fingerprint density at radius 3 is 2.47 bits per heavy atom. The maximum absolute atomic E-state index is 13.7. The number of benzene rings is 3. The van der Waals surface area contributed by atoms with Crippen molar-refractivity contribution in [2.24, 2.45) is 0 Å². The van der Waals surface area contributed by atoms with Gasteiger partial charge in [0.1, 0.15) is 0 Å². The van der Waals surface area contributed by atoms with Crippen molar-refractivity contribution in [2.75, 3.05) is 18.6 Å². The minimum atomic E-state index is -1.09. The lowest BCUT2D eigenvalue weighted by atomic mass is 9.99. The molecule has 4 aromatic rings. The van der Waals surface area contributed by atoms with Gasteiger partial charge in [0.05, 0.1) is 25.5 Å². The zero-order valence-electron chi connectivity index (χ0n) is 18.1. The van der Waals surface area contributed by atoms with E-state index in [1.807, 2.05) is 79.7 Å². The Labute approximate surface area is 187 Å². The highest BCUT2D eigenvalue weighted by atomic mass is 16.5. The van der Waals surface area contributed by atoms with Crippen LogP contribution in [0.25, 0.3) is 10.8 Å². The summed E-state index contributed by atoms with van der Waals surface area (Å²) in [7, 11) is 1.30. The molecule has 0 bridgehead atoms. The van der Waals surface area contributed by atoms with E-state index in [1.54, 1.807) is 22.0 Å². The van der Waals surface area contributed by atoms with Crippen molar-refractivity contribution in [3.63, 3.8) is 0 Å². The Kier molecular flexibility index (Phi) is 6.31. The Balaban J connectivity index is 1.68. The van der Waals surface area contributed by atoms with E-state index >= 15 is 0 Å². The number of rotatable bonds is 7. The number of ether oxygens (including phenoxy) is 1. The molecule has 0 aliphatic carbocycles. The zero-order valence-corrected chi connectivity index (χ0v) is 18.1. The van der Waals surface area contributed by atoms with E-state index in [0.29, 0.717) is 18.7 Å². The number of aromatic nitrogens is 2. The van der Waals surface area contributed by atoms with Crippen LogP contribution < -0.4 is 4.90 Å². The van der Waals surface area contributed by atoms with Crippen molar-refractivity contribution in [2.45, 2.75) is 19.4 Å². The summed E-state index contributed by atoms with van der Waals surface area (Å²) < 4.78 is 6.73. The number of anilines is 1. The van der Waals surface area contributed by atoms with E-state index < -0.39 is 11.9 Å². The molecule has 1 amide bonds. The molecule has 0 radical (unpaired) electrons. The van der Waals surface area contributed by atoms with Gasteiger partial charge in [-0.05, 0) is 23.9 Å². The van der Waals surface area contributed by atoms with Gasteiger partial charge in [0.15, 0.2) is 5.92 Å². The van der Waals surface area contributed by atoms with Gasteiger partial charge in [-0.25, -0.2) is 0 Å². The topological polar surface area (TPSA) is 64.4 Å². The first-order valence-corrected chi connectivity index (χ1v) is 10.6. The highest BCUT2D eigenvalue weighted by Gasteiger charge is 2.35. The van der Waals surface area contributed by atoms with Gasteiger partial charge in [-0.1, -0.05) is 66.7 Å². The van der Waals surface area contributed by atoms with Crippen molar-refractivity contribution in [3.05, 3.63) is 96.3 Å². The van der Waals surface area contributed by atoms with Crippen molar-refractivity contribution < 1.29 is 14.3 Å². The number of amides is 1. The third-order valence-corrected chi connectivity index (χ3v) is 5.50. The zero-order chi connectivity index (χ0) is 22.5. The lowest BCUT2D eigenvalue weighted by molar-refractivity contribution is -0.145. The number of esters is 1. The third-order valence-electron chi connectivity index (χ3n) is 5.50. The van der Waals surface area contributed by atoms with Crippen LogP contribution in [0.1, 0.15) is 24.0 Å². The summed E-state index contributed by atoms with van der Waals surface area (Å²) in [6, 6.07) is 23.6. The second kappa shape index (κ2) is 9.47. The lowest BCUT2D eigenvalue weighted by Crippen LogP contribution is -2.38. The molecule has 3 aromatic carbocycles.